The number of nitrogens with two attached hydrogens (primary N) is 1. The molecule has 0 radical (unpaired) electrons. The Labute approximate surface area is 247 Å². The van der Waals surface area contributed by atoms with Crippen LogP contribution in [0.15, 0.2) is 34.4 Å². The van der Waals surface area contributed by atoms with E-state index in [-0.39, 0.29) is 6.04 Å². The van der Waals surface area contributed by atoms with Gasteiger partial charge in [0, 0.05) is 22.6 Å². The van der Waals surface area contributed by atoms with Crippen LogP contribution in [0.1, 0.15) is 138 Å². The first kappa shape index (κ1) is 30.0. The van der Waals surface area contributed by atoms with Crippen LogP contribution in [0.5, 0.6) is 0 Å². The summed E-state index contributed by atoms with van der Waals surface area (Å²) in [5, 5.41) is 0.317. The molecule has 1 fully saturated rings. The van der Waals surface area contributed by atoms with Gasteiger partial charge in [0.15, 0.2) is 0 Å². The largest absolute Gasteiger partial charge is 0.327 e. The number of hydrogen-bond acceptors (Lipinski definition) is 2. The second-order valence-corrected chi connectivity index (χ2v) is 16.0. The second kappa shape index (κ2) is 11.3. The molecule has 5 aliphatic carbocycles. The number of fused-ring (bicyclic) bond motifs is 2. The first-order valence-corrected chi connectivity index (χ1v) is 17.6. The van der Waals surface area contributed by atoms with Crippen LogP contribution in [-0.4, -0.2) is 11.3 Å². The Morgan fingerprint density at radius 3 is 2.41 bits per heavy atom. The quantitative estimate of drug-likeness (QED) is 0.228. The summed E-state index contributed by atoms with van der Waals surface area (Å²) in [7, 11) is 0. The van der Waals surface area contributed by atoms with Crippen molar-refractivity contribution in [1.82, 2.24) is 0 Å². The Morgan fingerprint density at radius 1 is 1.08 bits per heavy atom. The minimum atomic E-state index is 0.232. The Balaban J connectivity index is 1.49. The molecule has 0 amide bonds. The van der Waals surface area contributed by atoms with Gasteiger partial charge >= 0.3 is 0 Å². The van der Waals surface area contributed by atoms with Gasteiger partial charge in [-0.1, -0.05) is 82.2 Å². The standard InChI is InChI=1S/C37H61NS/c1-8-20-36(9-2,10-3)31-15-12-16-33(38)28(26(6)39)14-11-13-27(29-17-18-30(29)31)23-37-21-19-32-34(37)35(32,7)25(5)24(4)22-37/h11,14,26-31,33,39H,8-10,12-13,15-23,38H2,1-7H3/b14-11+. The van der Waals surface area contributed by atoms with E-state index in [2.05, 4.69) is 60.6 Å². The molecule has 1 nitrogen and oxygen atoms in total. The highest BCUT2D eigenvalue weighted by atomic mass is 32.1. The lowest BCUT2D eigenvalue weighted by Crippen LogP contribution is -2.46. The number of allylic oxidation sites excluding steroid dienone is 5. The number of rotatable bonds is 8. The van der Waals surface area contributed by atoms with Gasteiger partial charge in [0.1, 0.15) is 0 Å². The average Bonchev–Trinajstić information content (AvgIpc) is 3.33. The predicted molar refractivity (Wildman–Crippen MR) is 173 cm³/mol. The molecule has 1 saturated carbocycles. The SMILES string of the molecule is CCCC(CC)(CC)C1CCCC(N)C(C(C)S)/C=C/CC(CC23CCC4=C2C4(C)C(C)=C(C)C3)C2CCC21. The molecule has 2 heteroatoms. The maximum Gasteiger partial charge on any atom is 0.0313 e. The summed E-state index contributed by atoms with van der Waals surface area (Å²) >= 11 is 4.92. The van der Waals surface area contributed by atoms with Gasteiger partial charge in [0.05, 0.1) is 0 Å². The lowest BCUT2D eigenvalue weighted by molar-refractivity contribution is -0.0412. The topological polar surface area (TPSA) is 26.0 Å². The highest BCUT2D eigenvalue weighted by molar-refractivity contribution is 7.80. The molecular weight excluding hydrogens is 490 g/mol. The molecule has 0 heterocycles. The van der Waals surface area contributed by atoms with Crippen molar-refractivity contribution in [3.63, 3.8) is 0 Å². The third-order valence-corrected chi connectivity index (χ3v) is 14.1. The van der Waals surface area contributed by atoms with Crippen LogP contribution < -0.4 is 5.73 Å². The molecule has 9 unspecified atom stereocenters. The third-order valence-electron chi connectivity index (χ3n) is 13.7. The summed E-state index contributed by atoms with van der Waals surface area (Å²) in [5.74, 6) is 3.89. The fourth-order valence-corrected chi connectivity index (χ4v) is 11.6. The number of thiol groups is 1. The van der Waals surface area contributed by atoms with Crippen LogP contribution in [-0.2, 0) is 0 Å². The molecule has 5 rings (SSSR count). The average molecular weight is 552 g/mol. The van der Waals surface area contributed by atoms with Crippen molar-refractivity contribution in [2.45, 2.75) is 150 Å². The Hall–Kier alpha value is -0.470. The van der Waals surface area contributed by atoms with Gasteiger partial charge in [0.2, 0.25) is 0 Å². The molecule has 0 saturated heterocycles. The zero-order valence-corrected chi connectivity index (χ0v) is 27.5. The summed E-state index contributed by atoms with van der Waals surface area (Å²) in [6.45, 7) is 17.2. The second-order valence-electron chi connectivity index (χ2n) is 15.2. The van der Waals surface area contributed by atoms with E-state index in [9.17, 15) is 0 Å². The van der Waals surface area contributed by atoms with Gasteiger partial charge in [-0.3, -0.25) is 0 Å². The molecule has 5 aliphatic rings. The van der Waals surface area contributed by atoms with Crippen molar-refractivity contribution in [3.05, 3.63) is 34.4 Å². The van der Waals surface area contributed by atoms with Crippen LogP contribution in [0.25, 0.3) is 0 Å². The Kier molecular flexibility index (Phi) is 8.70. The van der Waals surface area contributed by atoms with Crippen molar-refractivity contribution in [2.75, 3.05) is 0 Å². The van der Waals surface area contributed by atoms with E-state index in [1.807, 2.05) is 11.1 Å². The lowest BCUT2D eigenvalue weighted by atomic mass is 9.50. The zero-order chi connectivity index (χ0) is 28.2. The maximum absolute atomic E-state index is 6.90. The van der Waals surface area contributed by atoms with Gasteiger partial charge < -0.3 is 5.73 Å². The number of hydrogen-bond donors (Lipinski definition) is 2. The minimum absolute atomic E-state index is 0.232. The summed E-state index contributed by atoms with van der Waals surface area (Å²) in [4.78, 5) is 0. The molecule has 0 aliphatic heterocycles. The fraction of sp³-hybridized carbons (Fsp3) is 0.838. The third kappa shape index (κ3) is 4.88. The first-order chi connectivity index (χ1) is 18.6. The van der Waals surface area contributed by atoms with Crippen molar-refractivity contribution in [1.29, 1.82) is 0 Å². The van der Waals surface area contributed by atoms with E-state index >= 15 is 0 Å². The smallest absolute Gasteiger partial charge is 0.0313 e. The molecule has 220 valence electrons. The van der Waals surface area contributed by atoms with Crippen LogP contribution in [0.3, 0.4) is 0 Å². The van der Waals surface area contributed by atoms with Crippen molar-refractivity contribution >= 4 is 12.6 Å². The molecule has 0 aromatic rings. The predicted octanol–water partition coefficient (Wildman–Crippen LogP) is 10.5. The molecule has 0 aromatic carbocycles. The minimum Gasteiger partial charge on any atom is -0.327 e. The van der Waals surface area contributed by atoms with Gasteiger partial charge in [-0.2, -0.15) is 12.6 Å². The van der Waals surface area contributed by atoms with E-state index in [4.69, 9.17) is 18.4 Å². The van der Waals surface area contributed by atoms with E-state index in [1.165, 1.54) is 83.5 Å². The van der Waals surface area contributed by atoms with E-state index < -0.39 is 0 Å². The van der Waals surface area contributed by atoms with Gasteiger partial charge in [-0.15, -0.1) is 0 Å². The molecule has 9 atom stereocenters. The molecular formula is C37H61NS. The van der Waals surface area contributed by atoms with E-state index in [0.29, 0.717) is 27.4 Å². The van der Waals surface area contributed by atoms with Crippen LogP contribution in [0.4, 0.5) is 0 Å². The monoisotopic (exact) mass is 551 g/mol. The van der Waals surface area contributed by atoms with Crippen LogP contribution in [0, 0.1) is 45.8 Å². The lowest BCUT2D eigenvalue weighted by Gasteiger charge is -2.55. The Bertz CT molecular complexity index is 997. The van der Waals surface area contributed by atoms with Gasteiger partial charge in [0.25, 0.3) is 0 Å². The van der Waals surface area contributed by atoms with Crippen molar-refractivity contribution in [3.8, 4) is 0 Å². The highest BCUT2D eigenvalue weighted by Crippen LogP contribution is 2.77. The fourth-order valence-electron chi connectivity index (χ4n) is 11.3. The summed E-state index contributed by atoms with van der Waals surface area (Å²) in [6, 6.07) is 0.232. The molecule has 39 heavy (non-hydrogen) atoms. The normalized spacial score (nSPS) is 42.2. The van der Waals surface area contributed by atoms with Crippen LogP contribution in [0.2, 0.25) is 0 Å². The molecule has 0 spiro atoms. The molecule has 0 aromatic heterocycles. The summed E-state index contributed by atoms with van der Waals surface area (Å²) < 4.78 is 0. The van der Waals surface area contributed by atoms with E-state index in [0.717, 1.165) is 30.1 Å². The highest BCUT2D eigenvalue weighted by Gasteiger charge is 2.65. The van der Waals surface area contributed by atoms with Crippen LogP contribution >= 0.6 is 12.6 Å². The van der Waals surface area contributed by atoms with Crippen molar-refractivity contribution < 1.29 is 0 Å². The Morgan fingerprint density at radius 2 is 1.79 bits per heavy atom. The zero-order valence-electron chi connectivity index (χ0n) is 26.6. The van der Waals surface area contributed by atoms with Crippen molar-refractivity contribution in [2.24, 2.45) is 51.6 Å². The van der Waals surface area contributed by atoms with E-state index in [1.54, 1.807) is 11.1 Å². The summed E-state index contributed by atoms with van der Waals surface area (Å²) in [6.07, 6.45) is 24.1. The maximum atomic E-state index is 6.90. The first-order valence-electron chi connectivity index (χ1n) is 17.1. The van der Waals surface area contributed by atoms with Gasteiger partial charge in [-0.05, 0) is 125 Å². The summed E-state index contributed by atoms with van der Waals surface area (Å²) in [5.41, 5.74) is 15.4. The molecule has 2 N–H and O–H groups in total. The van der Waals surface area contributed by atoms with Gasteiger partial charge in [-0.25, -0.2) is 0 Å². The molecule has 0 bridgehead atoms.